The number of ether oxygens (including phenoxy) is 4. The van der Waals surface area contributed by atoms with Gasteiger partial charge in [-0.1, -0.05) is 332 Å². The van der Waals surface area contributed by atoms with Gasteiger partial charge in [-0.05, 0) is 89.9 Å². The molecule has 0 aliphatic carbocycles. The third-order valence-electron chi connectivity index (χ3n) is 17.7. The number of phosphoric ester groups is 2. The maximum Gasteiger partial charge on any atom is 0.472 e. The van der Waals surface area contributed by atoms with E-state index in [9.17, 15) is 43.2 Å². The molecule has 0 aliphatic rings. The van der Waals surface area contributed by atoms with E-state index in [4.69, 9.17) is 37.0 Å². The predicted molar refractivity (Wildman–Crippen MR) is 418 cm³/mol. The number of hydrogen-bond donors (Lipinski definition) is 3. The normalized spacial score (nSPS) is 14.2. The molecule has 0 rings (SSSR count). The van der Waals surface area contributed by atoms with Gasteiger partial charge in [0.25, 0.3) is 0 Å². The Hall–Kier alpha value is -3.50. The molecular weight excluding hydrogens is 1330 g/mol. The number of carbonyl (C=O) groups is 4. The van der Waals surface area contributed by atoms with Crippen LogP contribution < -0.4 is 0 Å². The van der Waals surface area contributed by atoms with E-state index in [1.54, 1.807) is 0 Å². The van der Waals surface area contributed by atoms with E-state index >= 15 is 0 Å². The van der Waals surface area contributed by atoms with Crippen molar-refractivity contribution in [1.82, 2.24) is 0 Å². The molecule has 5 atom stereocenters. The Labute approximate surface area is 622 Å². The average Bonchev–Trinajstić information content (AvgIpc) is 0.908. The second-order valence-corrected chi connectivity index (χ2v) is 30.6. The van der Waals surface area contributed by atoms with Gasteiger partial charge in [0.2, 0.25) is 0 Å². The van der Waals surface area contributed by atoms with Gasteiger partial charge in [-0.25, -0.2) is 9.13 Å². The Balaban J connectivity index is 5.39. The lowest BCUT2D eigenvalue weighted by Gasteiger charge is -2.21. The fraction of sp³-hybridized carbons (Fsp3) is 0.807. The highest BCUT2D eigenvalue weighted by Gasteiger charge is 2.30. The molecule has 0 bridgehead atoms. The van der Waals surface area contributed by atoms with E-state index in [0.717, 1.165) is 103 Å². The molecule has 17 nitrogen and oxygen atoms in total. The first-order valence-electron chi connectivity index (χ1n) is 41.2. The van der Waals surface area contributed by atoms with E-state index in [1.165, 1.54) is 186 Å². The van der Waals surface area contributed by atoms with Gasteiger partial charge in [0.15, 0.2) is 12.2 Å². The van der Waals surface area contributed by atoms with Crippen LogP contribution in [0.5, 0.6) is 0 Å². The fourth-order valence-corrected chi connectivity index (χ4v) is 13.0. The summed E-state index contributed by atoms with van der Waals surface area (Å²) in [4.78, 5) is 73.0. The second kappa shape index (κ2) is 75.7. The van der Waals surface area contributed by atoms with Crippen molar-refractivity contribution in [1.29, 1.82) is 0 Å². The molecule has 2 unspecified atom stereocenters. The zero-order valence-corrected chi connectivity index (χ0v) is 66.8. The first-order valence-corrected chi connectivity index (χ1v) is 44.2. The SMILES string of the molecule is CCCCC/C=C\C/C=C\C/C=C\C/C=C\C/C=C\CCC(=O)O[C@H](COC(=O)CCCCCCCCCCCCCCCCC)COP(=O)(O)OC[C@@H](O)COP(=O)(O)OC[C@@H](COC(=O)CCCCCCCCCCCCCCCCC)OC(=O)CCCCCCC/C=C\CCCCCC. The van der Waals surface area contributed by atoms with Crippen LogP contribution in [0, 0.1) is 0 Å². The van der Waals surface area contributed by atoms with Crippen LogP contribution in [-0.2, 0) is 65.4 Å². The number of unbranched alkanes of at least 4 members (excludes halogenated alkanes) is 40. The Morgan fingerprint density at radius 2 is 0.500 bits per heavy atom. The quantitative estimate of drug-likeness (QED) is 0.0169. The maximum absolute atomic E-state index is 13.1. The van der Waals surface area contributed by atoms with Gasteiger partial charge in [0.05, 0.1) is 26.4 Å². The number of aliphatic hydroxyl groups is 1. The summed E-state index contributed by atoms with van der Waals surface area (Å²) in [5, 5.41) is 10.6. The topological polar surface area (TPSA) is 237 Å². The van der Waals surface area contributed by atoms with E-state index in [1.807, 2.05) is 18.2 Å². The number of phosphoric acid groups is 2. The lowest BCUT2D eigenvalue weighted by molar-refractivity contribution is -0.161. The molecule has 19 heteroatoms. The summed E-state index contributed by atoms with van der Waals surface area (Å²) in [5.74, 6) is -2.25. The minimum Gasteiger partial charge on any atom is -0.462 e. The molecule has 0 aromatic carbocycles. The first kappa shape index (κ1) is 98.5. The molecule has 102 heavy (non-hydrogen) atoms. The van der Waals surface area contributed by atoms with Crippen LogP contribution in [0.1, 0.15) is 374 Å². The molecule has 0 spiro atoms. The Morgan fingerprint density at radius 3 is 0.833 bits per heavy atom. The molecule has 0 aromatic heterocycles. The van der Waals surface area contributed by atoms with Crippen LogP contribution in [-0.4, -0.2) is 96.7 Å². The van der Waals surface area contributed by atoms with Crippen molar-refractivity contribution >= 4 is 39.5 Å². The lowest BCUT2D eigenvalue weighted by atomic mass is 10.0. The molecule has 0 aliphatic heterocycles. The summed E-state index contributed by atoms with van der Waals surface area (Å²) in [6, 6.07) is 0. The number of allylic oxidation sites excluding steroid dienone is 12. The zero-order chi connectivity index (χ0) is 74.6. The van der Waals surface area contributed by atoms with Crippen LogP contribution >= 0.6 is 15.6 Å². The summed E-state index contributed by atoms with van der Waals surface area (Å²) in [6.07, 6.45) is 77.5. The Kier molecular flexibility index (Phi) is 73.1. The van der Waals surface area contributed by atoms with Crippen molar-refractivity contribution in [3.63, 3.8) is 0 Å². The van der Waals surface area contributed by atoms with E-state index in [0.29, 0.717) is 32.1 Å². The maximum atomic E-state index is 13.1. The van der Waals surface area contributed by atoms with E-state index < -0.39 is 97.5 Å². The summed E-state index contributed by atoms with van der Waals surface area (Å²) in [7, 11) is -9.97. The predicted octanol–water partition coefficient (Wildman–Crippen LogP) is 24.0. The smallest absolute Gasteiger partial charge is 0.462 e. The van der Waals surface area contributed by atoms with Crippen LogP contribution in [0.3, 0.4) is 0 Å². The van der Waals surface area contributed by atoms with Crippen LogP contribution in [0.2, 0.25) is 0 Å². The summed E-state index contributed by atoms with van der Waals surface area (Å²) in [6.45, 7) is 4.82. The highest BCUT2D eigenvalue weighted by atomic mass is 31.2. The number of aliphatic hydroxyl groups excluding tert-OH is 1. The average molecular weight is 1480 g/mol. The number of carbonyl (C=O) groups excluding carboxylic acids is 4. The van der Waals surface area contributed by atoms with Gasteiger partial charge < -0.3 is 33.8 Å². The Morgan fingerprint density at radius 1 is 0.275 bits per heavy atom. The van der Waals surface area contributed by atoms with Crippen molar-refractivity contribution in [2.24, 2.45) is 0 Å². The van der Waals surface area contributed by atoms with Crippen molar-refractivity contribution in [3.05, 3.63) is 72.9 Å². The largest absolute Gasteiger partial charge is 0.472 e. The Bertz CT molecular complexity index is 2210. The standard InChI is InChI=1S/C83H150O17P2/c1-5-9-13-17-21-25-29-33-36-37-38-39-42-46-50-54-58-62-66-70-83(88)100-79(74-94-81(86)68-64-60-56-52-48-45-41-35-31-27-23-19-15-11-7-3)76-98-102(91,92)96-72-77(84)71-95-101(89,90)97-75-78(99-82(87)69-65-61-57-53-49-43-32-28-24-20-16-12-8-4)73-93-80(85)67-63-59-55-51-47-44-40-34-30-26-22-18-14-10-6-2/h21,25,28,32-33,36,38-39,46,50,58,62,77-79,84H,5-20,22-24,26-27,29-31,34-35,37,40-45,47-49,51-57,59-61,63-76H2,1-4H3,(H,89,90)(H,91,92)/b25-21-,32-28-,36-33-,39-38-,50-46-,62-58-/t77-,78+,79+/m0/s1. The van der Waals surface area contributed by atoms with Crippen molar-refractivity contribution in [2.75, 3.05) is 39.6 Å². The minimum atomic E-state index is -4.99. The van der Waals surface area contributed by atoms with E-state index in [2.05, 4.69) is 82.4 Å². The van der Waals surface area contributed by atoms with Gasteiger partial charge in [0, 0.05) is 25.7 Å². The third kappa shape index (κ3) is 74.8. The van der Waals surface area contributed by atoms with Crippen molar-refractivity contribution in [2.45, 2.75) is 393 Å². The van der Waals surface area contributed by atoms with Crippen LogP contribution in [0.25, 0.3) is 0 Å². The minimum absolute atomic E-state index is 0.0242. The van der Waals surface area contributed by atoms with Crippen LogP contribution in [0.4, 0.5) is 0 Å². The zero-order valence-electron chi connectivity index (χ0n) is 65.0. The molecule has 0 aromatic rings. The number of rotatable bonds is 78. The summed E-state index contributed by atoms with van der Waals surface area (Å²) in [5.41, 5.74) is 0. The molecule has 594 valence electrons. The van der Waals surface area contributed by atoms with Gasteiger partial charge in [-0.15, -0.1) is 0 Å². The monoisotopic (exact) mass is 1480 g/mol. The first-order chi connectivity index (χ1) is 49.7. The number of hydrogen-bond acceptors (Lipinski definition) is 15. The van der Waals surface area contributed by atoms with Gasteiger partial charge in [-0.2, -0.15) is 0 Å². The van der Waals surface area contributed by atoms with Crippen LogP contribution in [0.15, 0.2) is 72.9 Å². The lowest BCUT2D eigenvalue weighted by Crippen LogP contribution is -2.30. The van der Waals surface area contributed by atoms with Gasteiger partial charge in [0.1, 0.15) is 19.3 Å². The third-order valence-corrected chi connectivity index (χ3v) is 19.6. The second-order valence-electron chi connectivity index (χ2n) is 27.7. The summed E-state index contributed by atoms with van der Waals surface area (Å²) < 4.78 is 68.6. The molecule has 0 saturated heterocycles. The number of esters is 4. The molecule has 0 fully saturated rings. The fourth-order valence-electron chi connectivity index (χ4n) is 11.4. The van der Waals surface area contributed by atoms with Crippen molar-refractivity contribution < 1.29 is 80.2 Å². The van der Waals surface area contributed by atoms with Crippen molar-refractivity contribution in [3.8, 4) is 0 Å². The highest BCUT2D eigenvalue weighted by molar-refractivity contribution is 7.47. The molecule has 0 radical (unpaired) electrons. The van der Waals surface area contributed by atoms with Gasteiger partial charge >= 0.3 is 39.5 Å². The molecular formula is C83H150O17P2. The molecule has 0 saturated carbocycles. The summed E-state index contributed by atoms with van der Waals surface area (Å²) >= 11 is 0. The highest BCUT2D eigenvalue weighted by Crippen LogP contribution is 2.45. The van der Waals surface area contributed by atoms with E-state index in [-0.39, 0.29) is 25.7 Å². The molecule has 0 amide bonds. The van der Waals surface area contributed by atoms with Gasteiger partial charge in [-0.3, -0.25) is 37.3 Å². The molecule has 0 heterocycles. The molecule has 3 N–H and O–H groups in total.